The van der Waals surface area contributed by atoms with E-state index in [1.807, 2.05) is 24.3 Å². The highest BCUT2D eigenvalue weighted by Gasteiger charge is 2.06. The normalized spacial score (nSPS) is 10.9. The second-order valence-corrected chi connectivity index (χ2v) is 4.39. The van der Waals surface area contributed by atoms with Crippen LogP contribution in [0.1, 0.15) is 5.56 Å². The molecule has 0 unspecified atom stereocenters. The average molecular weight is 260 g/mol. The van der Waals surface area contributed by atoms with Gasteiger partial charge in [-0.3, -0.25) is 4.79 Å². The molecule has 90 valence electrons. The first-order valence-electron chi connectivity index (χ1n) is 5.52. The highest BCUT2D eigenvalue weighted by molar-refractivity contribution is 6.31. The zero-order valence-electron chi connectivity index (χ0n) is 9.45. The molecule has 0 saturated heterocycles. The van der Waals surface area contributed by atoms with Crippen LogP contribution in [0.2, 0.25) is 5.02 Å². The summed E-state index contributed by atoms with van der Waals surface area (Å²) in [5.41, 5.74) is 1.36. The molecule has 0 bridgehead atoms. The fraction of sp³-hybridized carbons (Fsp3) is 0.0769. The highest BCUT2D eigenvalue weighted by Crippen LogP contribution is 2.15. The first-order valence-corrected chi connectivity index (χ1v) is 5.90. The molecule has 0 aliphatic heterocycles. The molecule has 0 radical (unpaired) electrons. The van der Waals surface area contributed by atoms with E-state index in [-0.39, 0.29) is 5.56 Å². The van der Waals surface area contributed by atoms with Crippen LogP contribution in [0.3, 0.4) is 0 Å². The van der Waals surface area contributed by atoms with Gasteiger partial charge in [-0.1, -0.05) is 29.8 Å². The van der Waals surface area contributed by atoms with Crippen molar-refractivity contribution in [2.75, 3.05) is 0 Å². The van der Waals surface area contributed by atoms with Crippen LogP contribution < -0.4 is 5.56 Å². The minimum Gasteiger partial charge on any atom is -0.301 e. The Labute approximate surface area is 108 Å². The molecular formula is C13H10ClN3O. The minimum absolute atomic E-state index is 0.123. The summed E-state index contributed by atoms with van der Waals surface area (Å²) in [4.78, 5) is 12.1. The lowest BCUT2D eigenvalue weighted by Gasteiger charge is -2.06. The molecule has 5 heteroatoms. The molecule has 2 heterocycles. The molecule has 1 aromatic carbocycles. The van der Waals surface area contributed by atoms with E-state index in [1.54, 1.807) is 29.1 Å². The molecule has 2 aromatic heterocycles. The molecule has 0 aliphatic rings. The standard InChI is InChI=1S/C13H10ClN3O/c14-11-5-2-1-4-10(11)8-17-13(18)12-6-3-7-16(12)9-15-17/h1-7,9H,8H2. The van der Waals surface area contributed by atoms with Crippen LogP contribution >= 0.6 is 11.6 Å². The summed E-state index contributed by atoms with van der Waals surface area (Å²) in [5, 5.41) is 4.76. The molecule has 0 N–H and O–H groups in total. The number of fused-ring (bicyclic) bond motifs is 1. The number of benzene rings is 1. The lowest BCUT2D eigenvalue weighted by atomic mass is 10.2. The van der Waals surface area contributed by atoms with Crippen molar-refractivity contribution in [1.82, 2.24) is 14.2 Å². The van der Waals surface area contributed by atoms with Crippen molar-refractivity contribution in [2.24, 2.45) is 0 Å². The van der Waals surface area contributed by atoms with Gasteiger partial charge in [0.15, 0.2) is 0 Å². The van der Waals surface area contributed by atoms with E-state index in [9.17, 15) is 4.79 Å². The fourth-order valence-electron chi connectivity index (χ4n) is 1.88. The molecule has 0 fully saturated rings. The predicted octanol–water partition coefficient (Wildman–Crippen LogP) is 2.20. The van der Waals surface area contributed by atoms with Crippen LogP contribution in [0.25, 0.3) is 5.52 Å². The van der Waals surface area contributed by atoms with Gasteiger partial charge in [0, 0.05) is 11.2 Å². The second-order valence-electron chi connectivity index (χ2n) is 3.99. The maximum absolute atomic E-state index is 12.1. The van der Waals surface area contributed by atoms with Gasteiger partial charge in [-0.25, -0.2) is 4.68 Å². The third-order valence-corrected chi connectivity index (χ3v) is 3.19. The zero-order valence-corrected chi connectivity index (χ0v) is 10.2. The third-order valence-electron chi connectivity index (χ3n) is 2.83. The van der Waals surface area contributed by atoms with Gasteiger partial charge in [0.2, 0.25) is 0 Å². The lowest BCUT2D eigenvalue weighted by Crippen LogP contribution is -2.24. The Hall–Kier alpha value is -2.07. The number of aromatic nitrogens is 3. The SMILES string of the molecule is O=c1c2cccn2cnn1Cc1ccccc1Cl. The summed E-state index contributed by atoms with van der Waals surface area (Å²) in [7, 11) is 0. The third kappa shape index (κ3) is 1.80. The molecule has 0 spiro atoms. The highest BCUT2D eigenvalue weighted by atomic mass is 35.5. The Morgan fingerprint density at radius 2 is 2.00 bits per heavy atom. The smallest absolute Gasteiger partial charge is 0.291 e. The van der Waals surface area contributed by atoms with E-state index >= 15 is 0 Å². The van der Waals surface area contributed by atoms with Gasteiger partial charge in [-0.15, -0.1) is 0 Å². The number of hydrogen-bond donors (Lipinski definition) is 0. The van der Waals surface area contributed by atoms with E-state index in [2.05, 4.69) is 5.10 Å². The average Bonchev–Trinajstić information content (AvgIpc) is 2.84. The van der Waals surface area contributed by atoms with Crippen molar-refractivity contribution in [1.29, 1.82) is 0 Å². The quantitative estimate of drug-likeness (QED) is 0.708. The Balaban J connectivity index is 2.08. The van der Waals surface area contributed by atoms with Crippen LogP contribution in [-0.2, 0) is 6.54 Å². The van der Waals surface area contributed by atoms with Crippen molar-refractivity contribution in [3.8, 4) is 0 Å². The van der Waals surface area contributed by atoms with Crippen LogP contribution in [0, 0.1) is 0 Å². The van der Waals surface area contributed by atoms with Gasteiger partial charge in [-0.05, 0) is 23.8 Å². The van der Waals surface area contributed by atoms with Gasteiger partial charge in [-0.2, -0.15) is 5.10 Å². The molecular weight excluding hydrogens is 250 g/mol. The molecule has 0 amide bonds. The van der Waals surface area contributed by atoms with E-state index in [1.165, 1.54) is 4.68 Å². The zero-order chi connectivity index (χ0) is 12.5. The van der Waals surface area contributed by atoms with E-state index < -0.39 is 0 Å². The molecule has 3 rings (SSSR count). The first kappa shape index (κ1) is 11.0. The summed E-state index contributed by atoms with van der Waals surface area (Å²) in [6.45, 7) is 0.375. The van der Waals surface area contributed by atoms with E-state index in [0.717, 1.165) is 5.56 Å². The van der Waals surface area contributed by atoms with E-state index in [4.69, 9.17) is 11.6 Å². The molecule has 0 saturated carbocycles. The number of rotatable bonds is 2. The maximum Gasteiger partial charge on any atom is 0.291 e. The number of nitrogens with zero attached hydrogens (tertiary/aromatic N) is 3. The Kier molecular flexibility index (Phi) is 2.64. The minimum atomic E-state index is -0.123. The Morgan fingerprint density at radius 3 is 2.83 bits per heavy atom. The molecule has 0 atom stereocenters. The van der Waals surface area contributed by atoms with Crippen LogP contribution in [-0.4, -0.2) is 14.2 Å². The fourth-order valence-corrected chi connectivity index (χ4v) is 2.07. The number of hydrogen-bond acceptors (Lipinski definition) is 2. The Morgan fingerprint density at radius 1 is 1.17 bits per heavy atom. The van der Waals surface area contributed by atoms with Gasteiger partial charge in [0.05, 0.1) is 6.54 Å². The first-order chi connectivity index (χ1) is 8.75. The van der Waals surface area contributed by atoms with Crippen molar-refractivity contribution in [3.05, 3.63) is 69.9 Å². The molecule has 18 heavy (non-hydrogen) atoms. The number of halogens is 1. The summed E-state index contributed by atoms with van der Waals surface area (Å²) < 4.78 is 3.11. The van der Waals surface area contributed by atoms with Crippen LogP contribution in [0.5, 0.6) is 0 Å². The van der Waals surface area contributed by atoms with Crippen LogP contribution in [0.15, 0.2) is 53.7 Å². The van der Waals surface area contributed by atoms with Crippen molar-refractivity contribution >= 4 is 17.1 Å². The predicted molar refractivity (Wildman–Crippen MR) is 70.0 cm³/mol. The van der Waals surface area contributed by atoms with Crippen molar-refractivity contribution < 1.29 is 0 Å². The lowest BCUT2D eigenvalue weighted by molar-refractivity contribution is 0.628. The summed E-state index contributed by atoms with van der Waals surface area (Å²) >= 11 is 6.08. The summed E-state index contributed by atoms with van der Waals surface area (Å²) in [6.07, 6.45) is 3.41. The van der Waals surface area contributed by atoms with Crippen molar-refractivity contribution in [3.63, 3.8) is 0 Å². The van der Waals surface area contributed by atoms with Gasteiger partial charge in [0.1, 0.15) is 11.8 Å². The topological polar surface area (TPSA) is 39.3 Å². The van der Waals surface area contributed by atoms with Gasteiger partial charge >= 0.3 is 0 Å². The van der Waals surface area contributed by atoms with Gasteiger partial charge < -0.3 is 4.40 Å². The maximum atomic E-state index is 12.1. The Bertz CT molecular complexity index is 760. The van der Waals surface area contributed by atoms with Crippen LogP contribution in [0.4, 0.5) is 0 Å². The summed E-state index contributed by atoms with van der Waals surface area (Å²) in [5.74, 6) is 0. The van der Waals surface area contributed by atoms with E-state index in [0.29, 0.717) is 17.1 Å². The summed E-state index contributed by atoms with van der Waals surface area (Å²) in [6, 6.07) is 11.0. The second kappa shape index (κ2) is 4.31. The molecule has 4 nitrogen and oxygen atoms in total. The molecule has 0 aliphatic carbocycles. The largest absolute Gasteiger partial charge is 0.301 e. The van der Waals surface area contributed by atoms with Crippen molar-refractivity contribution in [2.45, 2.75) is 6.54 Å². The molecule has 3 aromatic rings. The van der Waals surface area contributed by atoms with Gasteiger partial charge in [0.25, 0.3) is 5.56 Å². The monoisotopic (exact) mass is 259 g/mol.